The Morgan fingerprint density at radius 1 is 1.41 bits per heavy atom. The molecule has 0 saturated heterocycles. The van der Waals surface area contributed by atoms with Crippen LogP contribution in [0.1, 0.15) is 29.3 Å². The summed E-state index contributed by atoms with van der Waals surface area (Å²) in [6, 6.07) is 4.46. The Morgan fingerprint density at radius 2 is 2.12 bits per heavy atom. The van der Waals surface area contributed by atoms with E-state index in [0.717, 1.165) is 12.0 Å². The van der Waals surface area contributed by atoms with Gasteiger partial charge in [0.05, 0.1) is 12.2 Å². The average Bonchev–Trinajstić information content (AvgIpc) is 2.31. The quantitative estimate of drug-likeness (QED) is 0.853. The van der Waals surface area contributed by atoms with E-state index in [4.69, 9.17) is 5.11 Å². The van der Waals surface area contributed by atoms with Crippen LogP contribution in [-0.4, -0.2) is 35.6 Å². The Bertz CT molecular complexity index is 387. The summed E-state index contributed by atoms with van der Waals surface area (Å²) in [4.78, 5) is 13.5. The van der Waals surface area contributed by atoms with Crippen molar-refractivity contribution in [3.63, 3.8) is 0 Å². The maximum atomic E-state index is 13.6. The highest BCUT2D eigenvalue weighted by Gasteiger charge is 2.18. The number of aliphatic hydroxyl groups is 1. The first kappa shape index (κ1) is 13.6. The zero-order chi connectivity index (χ0) is 12.8. The van der Waals surface area contributed by atoms with Crippen molar-refractivity contribution in [1.29, 1.82) is 0 Å². The van der Waals surface area contributed by atoms with E-state index in [0.29, 0.717) is 6.54 Å². The van der Waals surface area contributed by atoms with Crippen LogP contribution < -0.4 is 0 Å². The third-order valence-corrected chi connectivity index (χ3v) is 2.50. The molecule has 0 heterocycles. The summed E-state index contributed by atoms with van der Waals surface area (Å²) in [5.41, 5.74) is 0.919. The Hall–Kier alpha value is -1.42. The van der Waals surface area contributed by atoms with Gasteiger partial charge in [-0.15, -0.1) is 0 Å². The first-order chi connectivity index (χ1) is 8.10. The van der Waals surface area contributed by atoms with E-state index in [-0.39, 0.29) is 24.6 Å². The lowest BCUT2D eigenvalue weighted by molar-refractivity contribution is 0.0717. The lowest BCUT2D eigenvalue weighted by Gasteiger charge is -2.21. The molecule has 0 aliphatic heterocycles. The molecule has 4 heteroatoms. The zero-order valence-corrected chi connectivity index (χ0v) is 10.2. The van der Waals surface area contributed by atoms with Crippen LogP contribution in [0, 0.1) is 12.7 Å². The molecule has 0 aliphatic carbocycles. The number of halogens is 1. The van der Waals surface area contributed by atoms with Gasteiger partial charge in [0.2, 0.25) is 0 Å². The van der Waals surface area contributed by atoms with Gasteiger partial charge >= 0.3 is 0 Å². The normalized spacial score (nSPS) is 10.4. The number of aryl methyl sites for hydroxylation is 1. The van der Waals surface area contributed by atoms with Crippen LogP contribution in [-0.2, 0) is 0 Å². The van der Waals surface area contributed by atoms with Crippen molar-refractivity contribution in [2.24, 2.45) is 0 Å². The number of hydrogen-bond donors (Lipinski definition) is 1. The molecule has 0 fully saturated rings. The highest BCUT2D eigenvalue weighted by molar-refractivity contribution is 5.94. The maximum Gasteiger partial charge on any atom is 0.256 e. The molecule has 0 aliphatic rings. The molecule has 0 bridgehead atoms. The second kappa shape index (κ2) is 6.35. The van der Waals surface area contributed by atoms with E-state index >= 15 is 0 Å². The monoisotopic (exact) mass is 239 g/mol. The van der Waals surface area contributed by atoms with Crippen LogP contribution in [0.2, 0.25) is 0 Å². The number of amides is 1. The summed E-state index contributed by atoms with van der Waals surface area (Å²) in [5, 5.41) is 8.90. The lowest BCUT2D eigenvalue weighted by Crippen LogP contribution is -2.34. The fourth-order valence-electron chi connectivity index (χ4n) is 1.68. The number of hydrogen-bond acceptors (Lipinski definition) is 2. The fraction of sp³-hybridized carbons (Fsp3) is 0.462. The molecule has 0 atom stereocenters. The van der Waals surface area contributed by atoms with Gasteiger partial charge in [0.1, 0.15) is 5.82 Å². The van der Waals surface area contributed by atoms with Crippen LogP contribution in [0.5, 0.6) is 0 Å². The maximum absolute atomic E-state index is 13.6. The second-order valence-electron chi connectivity index (χ2n) is 4.00. The van der Waals surface area contributed by atoms with Crippen LogP contribution in [0.4, 0.5) is 4.39 Å². The van der Waals surface area contributed by atoms with Crippen molar-refractivity contribution in [2.45, 2.75) is 20.3 Å². The van der Waals surface area contributed by atoms with Gasteiger partial charge in [0.15, 0.2) is 0 Å². The largest absolute Gasteiger partial charge is 0.395 e. The summed E-state index contributed by atoms with van der Waals surface area (Å²) >= 11 is 0. The standard InChI is InChI=1S/C13H18FNO2/c1-3-6-15(7-8-16)13(17)11-9-10(2)4-5-12(11)14/h4-5,9,16H,3,6-8H2,1-2H3. The van der Waals surface area contributed by atoms with Crippen LogP contribution in [0.25, 0.3) is 0 Å². The highest BCUT2D eigenvalue weighted by atomic mass is 19.1. The van der Waals surface area contributed by atoms with Gasteiger partial charge in [-0.05, 0) is 25.5 Å². The van der Waals surface area contributed by atoms with Gasteiger partial charge < -0.3 is 10.0 Å². The number of rotatable bonds is 5. The predicted octanol–water partition coefficient (Wildman–Crippen LogP) is 1.98. The summed E-state index contributed by atoms with van der Waals surface area (Å²) in [6.07, 6.45) is 0.777. The predicted molar refractivity (Wildman–Crippen MR) is 64.4 cm³/mol. The van der Waals surface area contributed by atoms with E-state index in [9.17, 15) is 9.18 Å². The Labute approximate surface area is 101 Å². The Morgan fingerprint density at radius 3 is 2.71 bits per heavy atom. The summed E-state index contributed by atoms with van der Waals surface area (Å²) in [6.45, 7) is 4.39. The van der Waals surface area contributed by atoms with Crippen molar-refractivity contribution in [3.8, 4) is 0 Å². The third kappa shape index (κ3) is 3.53. The molecule has 0 saturated carbocycles. The van der Waals surface area contributed by atoms with Gasteiger partial charge in [-0.3, -0.25) is 4.79 Å². The molecule has 0 radical (unpaired) electrons. The SMILES string of the molecule is CCCN(CCO)C(=O)c1cc(C)ccc1F. The molecule has 1 amide bonds. The molecule has 1 rings (SSSR count). The topological polar surface area (TPSA) is 40.5 Å². The molecule has 3 nitrogen and oxygen atoms in total. The summed E-state index contributed by atoms with van der Waals surface area (Å²) in [7, 11) is 0. The minimum Gasteiger partial charge on any atom is -0.395 e. The number of nitrogens with zero attached hydrogens (tertiary/aromatic N) is 1. The van der Waals surface area contributed by atoms with Gasteiger partial charge in [0.25, 0.3) is 5.91 Å². The molecular weight excluding hydrogens is 221 g/mol. The fourth-order valence-corrected chi connectivity index (χ4v) is 1.68. The van der Waals surface area contributed by atoms with Crippen molar-refractivity contribution >= 4 is 5.91 Å². The van der Waals surface area contributed by atoms with Crippen molar-refractivity contribution in [3.05, 3.63) is 35.1 Å². The van der Waals surface area contributed by atoms with Gasteiger partial charge in [-0.25, -0.2) is 4.39 Å². The summed E-state index contributed by atoms with van der Waals surface area (Å²) < 4.78 is 13.6. The van der Waals surface area contributed by atoms with Gasteiger partial charge in [-0.2, -0.15) is 0 Å². The molecule has 1 N–H and O–H groups in total. The molecular formula is C13H18FNO2. The minimum atomic E-state index is -0.514. The molecule has 0 aromatic heterocycles. The van der Waals surface area contributed by atoms with E-state index in [1.807, 2.05) is 13.8 Å². The lowest BCUT2D eigenvalue weighted by atomic mass is 10.1. The molecule has 1 aromatic rings. The van der Waals surface area contributed by atoms with Crippen LogP contribution in [0.3, 0.4) is 0 Å². The Kier molecular flexibility index (Phi) is 5.10. The van der Waals surface area contributed by atoms with E-state index < -0.39 is 5.82 Å². The number of carbonyl (C=O) groups is 1. The molecule has 0 spiro atoms. The van der Waals surface area contributed by atoms with Gasteiger partial charge in [-0.1, -0.05) is 18.6 Å². The second-order valence-corrected chi connectivity index (χ2v) is 4.00. The first-order valence-electron chi connectivity index (χ1n) is 5.76. The van der Waals surface area contributed by atoms with E-state index in [1.165, 1.54) is 17.0 Å². The van der Waals surface area contributed by atoms with Crippen molar-refractivity contribution < 1.29 is 14.3 Å². The molecule has 0 unspecified atom stereocenters. The number of aliphatic hydroxyl groups excluding tert-OH is 1. The third-order valence-electron chi connectivity index (χ3n) is 2.50. The average molecular weight is 239 g/mol. The minimum absolute atomic E-state index is 0.0758. The number of carbonyl (C=O) groups excluding carboxylic acids is 1. The smallest absolute Gasteiger partial charge is 0.256 e. The van der Waals surface area contributed by atoms with E-state index in [2.05, 4.69) is 0 Å². The van der Waals surface area contributed by atoms with Gasteiger partial charge in [0, 0.05) is 13.1 Å². The van der Waals surface area contributed by atoms with E-state index in [1.54, 1.807) is 6.07 Å². The Balaban J connectivity index is 2.95. The highest BCUT2D eigenvalue weighted by Crippen LogP contribution is 2.13. The van der Waals surface area contributed by atoms with Crippen molar-refractivity contribution in [2.75, 3.05) is 19.7 Å². The number of benzene rings is 1. The molecule has 1 aromatic carbocycles. The molecule has 94 valence electrons. The van der Waals surface area contributed by atoms with Crippen LogP contribution >= 0.6 is 0 Å². The zero-order valence-electron chi connectivity index (χ0n) is 10.2. The van der Waals surface area contributed by atoms with Crippen LogP contribution in [0.15, 0.2) is 18.2 Å². The summed E-state index contributed by atoms with van der Waals surface area (Å²) in [5.74, 6) is -0.873. The first-order valence-corrected chi connectivity index (χ1v) is 5.76. The molecule has 17 heavy (non-hydrogen) atoms. The van der Waals surface area contributed by atoms with Crippen molar-refractivity contribution in [1.82, 2.24) is 4.90 Å².